The van der Waals surface area contributed by atoms with E-state index in [2.05, 4.69) is 36.7 Å². The third-order valence-corrected chi connectivity index (χ3v) is 2.98. The summed E-state index contributed by atoms with van der Waals surface area (Å²) in [6.07, 6.45) is 3.05. The van der Waals surface area contributed by atoms with Crippen LogP contribution in [0, 0.1) is 5.92 Å². The maximum Gasteiger partial charge on any atom is 0.128 e. The lowest BCUT2D eigenvalue weighted by atomic mass is 10.1. The molecule has 0 saturated heterocycles. The number of hydrogen-bond acceptors (Lipinski definition) is 3. The number of nitrogens with two attached hydrogens (primary N) is 1. The molecule has 90 valence electrons. The summed E-state index contributed by atoms with van der Waals surface area (Å²) in [5.74, 6) is 1.74. The molecule has 1 aromatic heterocycles. The Hall–Kier alpha value is -1.09. The van der Waals surface area contributed by atoms with Crippen molar-refractivity contribution in [3.05, 3.63) is 23.9 Å². The summed E-state index contributed by atoms with van der Waals surface area (Å²) < 4.78 is 0. The highest BCUT2D eigenvalue weighted by molar-refractivity contribution is 5.40. The minimum absolute atomic E-state index is 0.580. The molecule has 3 nitrogen and oxygen atoms in total. The van der Waals surface area contributed by atoms with Gasteiger partial charge in [0.1, 0.15) is 5.82 Å². The molecule has 16 heavy (non-hydrogen) atoms. The van der Waals surface area contributed by atoms with Crippen LogP contribution in [0.3, 0.4) is 0 Å². The second kappa shape index (κ2) is 6.48. The van der Waals surface area contributed by atoms with E-state index in [9.17, 15) is 0 Å². The molecule has 0 fully saturated rings. The van der Waals surface area contributed by atoms with E-state index < -0.39 is 0 Å². The van der Waals surface area contributed by atoms with Gasteiger partial charge in [-0.1, -0.05) is 20.3 Å². The molecule has 3 heteroatoms. The Bertz CT molecular complexity index is 312. The molecule has 1 rings (SSSR count). The van der Waals surface area contributed by atoms with Crippen molar-refractivity contribution < 1.29 is 0 Å². The van der Waals surface area contributed by atoms with Gasteiger partial charge in [0.25, 0.3) is 0 Å². The largest absolute Gasteiger partial charge is 0.357 e. The second-order valence-corrected chi connectivity index (χ2v) is 4.28. The lowest BCUT2D eigenvalue weighted by Crippen LogP contribution is -2.28. The van der Waals surface area contributed by atoms with E-state index >= 15 is 0 Å². The molecule has 0 saturated carbocycles. The van der Waals surface area contributed by atoms with Gasteiger partial charge in [0.2, 0.25) is 0 Å². The van der Waals surface area contributed by atoms with Gasteiger partial charge in [-0.2, -0.15) is 0 Å². The van der Waals surface area contributed by atoms with Gasteiger partial charge >= 0.3 is 0 Å². The van der Waals surface area contributed by atoms with Crippen LogP contribution in [0.4, 0.5) is 5.82 Å². The average molecular weight is 221 g/mol. The fourth-order valence-electron chi connectivity index (χ4n) is 1.65. The molecule has 1 unspecified atom stereocenters. The summed E-state index contributed by atoms with van der Waals surface area (Å²) in [5.41, 5.74) is 6.79. The SMILES string of the molecule is CCC(C)CN(CC)c1cc(CN)ccn1. The van der Waals surface area contributed by atoms with Gasteiger partial charge in [-0.15, -0.1) is 0 Å². The van der Waals surface area contributed by atoms with Gasteiger partial charge in [0, 0.05) is 25.8 Å². The summed E-state index contributed by atoms with van der Waals surface area (Å²) in [5, 5.41) is 0. The van der Waals surface area contributed by atoms with E-state index in [1.807, 2.05) is 12.3 Å². The molecule has 0 aliphatic carbocycles. The highest BCUT2D eigenvalue weighted by Gasteiger charge is 2.09. The first-order valence-electron chi connectivity index (χ1n) is 6.11. The van der Waals surface area contributed by atoms with E-state index in [-0.39, 0.29) is 0 Å². The molecule has 0 bridgehead atoms. The van der Waals surface area contributed by atoms with E-state index in [0.29, 0.717) is 12.5 Å². The minimum atomic E-state index is 0.580. The van der Waals surface area contributed by atoms with Gasteiger partial charge in [-0.05, 0) is 30.5 Å². The van der Waals surface area contributed by atoms with Gasteiger partial charge in [-0.25, -0.2) is 4.98 Å². The number of pyridine rings is 1. The molecule has 0 aliphatic rings. The lowest BCUT2D eigenvalue weighted by molar-refractivity contribution is 0.545. The van der Waals surface area contributed by atoms with Gasteiger partial charge in [-0.3, -0.25) is 0 Å². The second-order valence-electron chi connectivity index (χ2n) is 4.28. The fraction of sp³-hybridized carbons (Fsp3) is 0.615. The first-order valence-corrected chi connectivity index (χ1v) is 6.11. The molecule has 0 aromatic carbocycles. The van der Waals surface area contributed by atoms with E-state index in [0.717, 1.165) is 24.5 Å². The number of anilines is 1. The predicted molar refractivity (Wildman–Crippen MR) is 69.5 cm³/mol. The van der Waals surface area contributed by atoms with Crippen LogP contribution in [0.2, 0.25) is 0 Å². The quantitative estimate of drug-likeness (QED) is 0.802. The van der Waals surface area contributed by atoms with Crippen molar-refractivity contribution >= 4 is 5.82 Å². The highest BCUT2D eigenvalue weighted by atomic mass is 15.2. The van der Waals surface area contributed by atoms with Crippen LogP contribution in [-0.2, 0) is 6.54 Å². The van der Waals surface area contributed by atoms with Crippen LogP contribution < -0.4 is 10.6 Å². The number of hydrogen-bond donors (Lipinski definition) is 1. The smallest absolute Gasteiger partial charge is 0.128 e. The highest BCUT2D eigenvalue weighted by Crippen LogP contribution is 2.15. The van der Waals surface area contributed by atoms with Crippen LogP contribution in [0.15, 0.2) is 18.3 Å². The van der Waals surface area contributed by atoms with Crippen molar-refractivity contribution in [2.45, 2.75) is 33.7 Å². The standard InChI is InChI=1S/C13H23N3/c1-4-11(3)10-16(5-2)13-8-12(9-14)6-7-15-13/h6-8,11H,4-5,9-10,14H2,1-3H3. The lowest BCUT2D eigenvalue weighted by Gasteiger charge is -2.25. The van der Waals surface area contributed by atoms with Crippen molar-refractivity contribution in [2.24, 2.45) is 11.7 Å². The van der Waals surface area contributed by atoms with Crippen LogP contribution in [0.1, 0.15) is 32.8 Å². The Kier molecular flexibility index (Phi) is 5.26. The minimum Gasteiger partial charge on any atom is -0.357 e. The van der Waals surface area contributed by atoms with Crippen molar-refractivity contribution in [3.63, 3.8) is 0 Å². The zero-order valence-electron chi connectivity index (χ0n) is 10.6. The first kappa shape index (κ1) is 13.0. The summed E-state index contributed by atoms with van der Waals surface area (Å²) in [7, 11) is 0. The van der Waals surface area contributed by atoms with Crippen LogP contribution in [-0.4, -0.2) is 18.1 Å². The number of rotatable bonds is 6. The molecule has 0 aliphatic heterocycles. The zero-order chi connectivity index (χ0) is 12.0. The number of aromatic nitrogens is 1. The van der Waals surface area contributed by atoms with Crippen LogP contribution >= 0.6 is 0 Å². The van der Waals surface area contributed by atoms with Crippen molar-refractivity contribution in [1.82, 2.24) is 4.98 Å². The van der Waals surface area contributed by atoms with Crippen LogP contribution in [0.25, 0.3) is 0 Å². The molecule has 2 N–H and O–H groups in total. The summed E-state index contributed by atoms with van der Waals surface area (Å²) >= 11 is 0. The molecule has 0 spiro atoms. The third kappa shape index (κ3) is 3.49. The van der Waals surface area contributed by atoms with Crippen LogP contribution in [0.5, 0.6) is 0 Å². The van der Waals surface area contributed by atoms with E-state index in [4.69, 9.17) is 5.73 Å². The Morgan fingerprint density at radius 1 is 1.44 bits per heavy atom. The van der Waals surface area contributed by atoms with Gasteiger partial charge in [0.05, 0.1) is 0 Å². The average Bonchev–Trinajstić information content (AvgIpc) is 2.35. The molecule has 0 amide bonds. The number of nitrogens with zero attached hydrogens (tertiary/aromatic N) is 2. The molecule has 1 heterocycles. The molecule has 0 radical (unpaired) electrons. The Morgan fingerprint density at radius 2 is 2.19 bits per heavy atom. The van der Waals surface area contributed by atoms with Crippen molar-refractivity contribution in [2.75, 3.05) is 18.0 Å². The predicted octanol–water partition coefficient (Wildman–Crippen LogP) is 2.41. The fourth-order valence-corrected chi connectivity index (χ4v) is 1.65. The van der Waals surface area contributed by atoms with E-state index in [1.165, 1.54) is 6.42 Å². The monoisotopic (exact) mass is 221 g/mol. The summed E-state index contributed by atoms with van der Waals surface area (Å²) in [6, 6.07) is 4.06. The maximum atomic E-state index is 5.64. The first-order chi connectivity index (χ1) is 7.71. The van der Waals surface area contributed by atoms with E-state index in [1.54, 1.807) is 0 Å². The maximum absolute atomic E-state index is 5.64. The molecule has 1 aromatic rings. The molecular weight excluding hydrogens is 198 g/mol. The molecular formula is C13H23N3. The Labute approximate surface area is 98.7 Å². The molecule has 1 atom stereocenters. The van der Waals surface area contributed by atoms with Gasteiger partial charge in [0.15, 0.2) is 0 Å². The normalized spacial score (nSPS) is 12.5. The Balaban J connectivity index is 2.77. The third-order valence-electron chi connectivity index (χ3n) is 2.98. The van der Waals surface area contributed by atoms with Gasteiger partial charge < -0.3 is 10.6 Å². The summed E-state index contributed by atoms with van der Waals surface area (Å²) in [6.45, 7) is 9.30. The Morgan fingerprint density at radius 3 is 2.75 bits per heavy atom. The zero-order valence-corrected chi connectivity index (χ0v) is 10.6. The van der Waals surface area contributed by atoms with Crippen molar-refractivity contribution in [3.8, 4) is 0 Å². The van der Waals surface area contributed by atoms with Crippen molar-refractivity contribution in [1.29, 1.82) is 0 Å². The summed E-state index contributed by atoms with van der Waals surface area (Å²) in [4.78, 5) is 6.73. The topological polar surface area (TPSA) is 42.1 Å².